The number of carbonyl (C=O) groups is 2. The van der Waals surface area contributed by atoms with E-state index >= 15 is 0 Å². The molecule has 1 aliphatic rings. The molecule has 2 atom stereocenters. The summed E-state index contributed by atoms with van der Waals surface area (Å²) in [6, 6.07) is 0. The van der Waals surface area contributed by atoms with Crippen LogP contribution >= 0.6 is 0 Å². The molecule has 4 heteroatoms. The molecule has 18 heavy (non-hydrogen) atoms. The van der Waals surface area contributed by atoms with E-state index in [4.69, 9.17) is 0 Å². The van der Waals surface area contributed by atoms with Gasteiger partial charge in [0.2, 0.25) is 11.8 Å². The van der Waals surface area contributed by atoms with Crippen LogP contribution in [0.15, 0.2) is 0 Å². The molecule has 1 aliphatic heterocycles. The third-order valence-corrected chi connectivity index (χ3v) is 3.68. The molecule has 2 unspecified atom stereocenters. The number of nitrogens with zero attached hydrogens (tertiary/aromatic N) is 1. The van der Waals surface area contributed by atoms with E-state index in [-0.39, 0.29) is 17.7 Å². The van der Waals surface area contributed by atoms with Crippen molar-refractivity contribution in [3.8, 4) is 0 Å². The zero-order chi connectivity index (χ0) is 13.5. The van der Waals surface area contributed by atoms with E-state index in [1.165, 1.54) is 6.42 Å². The van der Waals surface area contributed by atoms with Crippen molar-refractivity contribution in [1.29, 1.82) is 0 Å². The fraction of sp³-hybridized carbons (Fsp3) is 0.857. The van der Waals surface area contributed by atoms with Crippen molar-refractivity contribution in [2.24, 2.45) is 11.8 Å². The molecular formula is C14H26N2O2. The molecule has 2 amide bonds. The van der Waals surface area contributed by atoms with Crippen LogP contribution in [0, 0.1) is 11.8 Å². The van der Waals surface area contributed by atoms with Gasteiger partial charge in [0, 0.05) is 26.1 Å². The molecule has 1 rings (SSSR count). The molecule has 0 bridgehead atoms. The Labute approximate surface area is 110 Å². The molecule has 0 radical (unpaired) electrons. The monoisotopic (exact) mass is 254 g/mol. The quantitative estimate of drug-likeness (QED) is 0.813. The molecule has 1 fully saturated rings. The van der Waals surface area contributed by atoms with Crippen molar-refractivity contribution in [3.05, 3.63) is 0 Å². The van der Waals surface area contributed by atoms with Gasteiger partial charge in [-0.15, -0.1) is 0 Å². The molecule has 4 nitrogen and oxygen atoms in total. The standard InChI is InChI=1S/C14H26N2O2/c1-4-12(9-15-13(17)5-2)14(18)16-8-6-7-11(3)10-16/h11-12H,4-10H2,1-3H3,(H,15,17). The van der Waals surface area contributed by atoms with Crippen LogP contribution in [0.1, 0.15) is 46.5 Å². The average Bonchev–Trinajstić information content (AvgIpc) is 2.38. The van der Waals surface area contributed by atoms with Crippen molar-refractivity contribution in [3.63, 3.8) is 0 Å². The van der Waals surface area contributed by atoms with Crippen LogP contribution in [-0.2, 0) is 9.59 Å². The van der Waals surface area contributed by atoms with E-state index in [0.717, 1.165) is 25.9 Å². The van der Waals surface area contributed by atoms with Crippen LogP contribution in [0.3, 0.4) is 0 Å². The Morgan fingerprint density at radius 1 is 1.39 bits per heavy atom. The van der Waals surface area contributed by atoms with Gasteiger partial charge in [-0.05, 0) is 25.2 Å². The van der Waals surface area contributed by atoms with Gasteiger partial charge < -0.3 is 10.2 Å². The number of amides is 2. The van der Waals surface area contributed by atoms with E-state index in [1.54, 1.807) is 0 Å². The summed E-state index contributed by atoms with van der Waals surface area (Å²) in [6.07, 6.45) is 3.58. The third-order valence-electron chi connectivity index (χ3n) is 3.68. The van der Waals surface area contributed by atoms with Crippen LogP contribution < -0.4 is 5.32 Å². The lowest BCUT2D eigenvalue weighted by molar-refractivity contribution is -0.137. The fourth-order valence-electron chi connectivity index (χ4n) is 2.42. The highest BCUT2D eigenvalue weighted by Crippen LogP contribution is 2.18. The van der Waals surface area contributed by atoms with E-state index in [2.05, 4.69) is 12.2 Å². The molecule has 0 spiro atoms. The second kappa shape index (κ2) is 7.39. The number of hydrogen-bond acceptors (Lipinski definition) is 2. The Balaban J connectivity index is 2.47. The van der Waals surface area contributed by atoms with Gasteiger partial charge in [-0.25, -0.2) is 0 Å². The number of hydrogen-bond donors (Lipinski definition) is 1. The molecule has 1 saturated heterocycles. The molecule has 0 saturated carbocycles. The lowest BCUT2D eigenvalue weighted by Gasteiger charge is -2.33. The van der Waals surface area contributed by atoms with Gasteiger partial charge in [0.1, 0.15) is 0 Å². The Kier molecular flexibility index (Phi) is 6.16. The number of likely N-dealkylation sites (tertiary alicyclic amines) is 1. The first-order chi connectivity index (χ1) is 8.58. The van der Waals surface area contributed by atoms with E-state index in [9.17, 15) is 9.59 Å². The highest BCUT2D eigenvalue weighted by molar-refractivity contribution is 5.81. The molecule has 104 valence electrons. The molecule has 0 aliphatic carbocycles. The Morgan fingerprint density at radius 2 is 2.11 bits per heavy atom. The van der Waals surface area contributed by atoms with Crippen LogP contribution in [-0.4, -0.2) is 36.3 Å². The normalized spacial score (nSPS) is 21.5. The molecule has 1 heterocycles. The highest BCUT2D eigenvalue weighted by Gasteiger charge is 2.26. The smallest absolute Gasteiger partial charge is 0.227 e. The molecular weight excluding hydrogens is 228 g/mol. The minimum absolute atomic E-state index is 0.0215. The highest BCUT2D eigenvalue weighted by atomic mass is 16.2. The SMILES string of the molecule is CCC(=O)NCC(CC)C(=O)N1CCCC(C)C1. The van der Waals surface area contributed by atoms with Gasteiger partial charge >= 0.3 is 0 Å². The minimum Gasteiger partial charge on any atom is -0.355 e. The first-order valence-electron chi connectivity index (χ1n) is 7.13. The summed E-state index contributed by atoms with van der Waals surface area (Å²) in [5.41, 5.74) is 0. The maximum absolute atomic E-state index is 12.4. The van der Waals surface area contributed by atoms with Crippen molar-refractivity contribution in [2.45, 2.75) is 46.5 Å². The van der Waals surface area contributed by atoms with Gasteiger partial charge in [0.25, 0.3) is 0 Å². The Morgan fingerprint density at radius 3 is 2.67 bits per heavy atom. The lowest BCUT2D eigenvalue weighted by Crippen LogP contribution is -2.45. The van der Waals surface area contributed by atoms with E-state index < -0.39 is 0 Å². The third kappa shape index (κ3) is 4.31. The first kappa shape index (κ1) is 15.0. The summed E-state index contributed by atoms with van der Waals surface area (Å²) < 4.78 is 0. The largest absolute Gasteiger partial charge is 0.355 e. The molecule has 1 N–H and O–H groups in total. The van der Waals surface area contributed by atoms with Gasteiger partial charge in [0.05, 0.1) is 5.92 Å². The number of nitrogens with one attached hydrogen (secondary N) is 1. The Bertz CT molecular complexity index is 292. The second-order valence-corrected chi connectivity index (χ2v) is 5.29. The summed E-state index contributed by atoms with van der Waals surface area (Å²) in [5, 5.41) is 2.83. The maximum atomic E-state index is 12.4. The minimum atomic E-state index is -0.0641. The van der Waals surface area contributed by atoms with Crippen molar-refractivity contribution < 1.29 is 9.59 Å². The van der Waals surface area contributed by atoms with Crippen LogP contribution in [0.25, 0.3) is 0 Å². The topological polar surface area (TPSA) is 49.4 Å². The van der Waals surface area contributed by atoms with Crippen molar-refractivity contribution in [1.82, 2.24) is 10.2 Å². The van der Waals surface area contributed by atoms with Crippen LogP contribution in [0.2, 0.25) is 0 Å². The van der Waals surface area contributed by atoms with Gasteiger partial charge in [0.15, 0.2) is 0 Å². The number of carbonyl (C=O) groups excluding carboxylic acids is 2. The zero-order valence-electron chi connectivity index (χ0n) is 11.9. The van der Waals surface area contributed by atoms with Gasteiger partial charge in [-0.3, -0.25) is 9.59 Å². The summed E-state index contributed by atoms with van der Waals surface area (Å²) >= 11 is 0. The van der Waals surface area contributed by atoms with Gasteiger partial charge in [-0.2, -0.15) is 0 Å². The molecule has 0 aromatic rings. The van der Waals surface area contributed by atoms with Crippen molar-refractivity contribution in [2.75, 3.05) is 19.6 Å². The van der Waals surface area contributed by atoms with Crippen LogP contribution in [0.5, 0.6) is 0 Å². The number of piperidine rings is 1. The Hall–Kier alpha value is -1.06. The van der Waals surface area contributed by atoms with E-state index in [1.807, 2.05) is 18.7 Å². The van der Waals surface area contributed by atoms with Crippen LogP contribution in [0.4, 0.5) is 0 Å². The van der Waals surface area contributed by atoms with E-state index in [0.29, 0.717) is 18.9 Å². The first-order valence-corrected chi connectivity index (χ1v) is 7.13. The average molecular weight is 254 g/mol. The predicted octanol–water partition coefficient (Wildman–Crippen LogP) is 1.80. The summed E-state index contributed by atoms with van der Waals surface area (Å²) in [4.78, 5) is 25.6. The summed E-state index contributed by atoms with van der Waals surface area (Å²) in [7, 11) is 0. The number of rotatable bonds is 5. The molecule has 0 aromatic carbocycles. The fourth-order valence-corrected chi connectivity index (χ4v) is 2.42. The zero-order valence-corrected chi connectivity index (χ0v) is 11.9. The summed E-state index contributed by atoms with van der Waals surface area (Å²) in [6.45, 7) is 8.25. The second-order valence-electron chi connectivity index (χ2n) is 5.29. The molecule has 0 aromatic heterocycles. The predicted molar refractivity (Wildman–Crippen MR) is 72.1 cm³/mol. The maximum Gasteiger partial charge on any atom is 0.227 e. The van der Waals surface area contributed by atoms with Gasteiger partial charge in [-0.1, -0.05) is 20.8 Å². The van der Waals surface area contributed by atoms with Crippen molar-refractivity contribution >= 4 is 11.8 Å². The summed E-state index contributed by atoms with van der Waals surface area (Å²) in [5.74, 6) is 0.768. The lowest BCUT2D eigenvalue weighted by atomic mass is 9.97.